The molecule has 3 heterocycles. The predicted octanol–water partition coefficient (Wildman–Crippen LogP) is 4.09. The minimum absolute atomic E-state index is 0.0179. The molecule has 4 rings (SSSR count). The van der Waals surface area contributed by atoms with Crippen molar-refractivity contribution in [1.29, 1.82) is 0 Å². The van der Waals surface area contributed by atoms with Crippen LogP contribution in [0.4, 0.5) is 0 Å². The molecule has 1 unspecified atom stereocenters. The Morgan fingerprint density at radius 3 is 2.90 bits per heavy atom. The average molecular weight is 412 g/mol. The van der Waals surface area contributed by atoms with E-state index in [0.29, 0.717) is 23.4 Å². The van der Waals surface area contributed by atoms with Crippen LogP contribution in [0.3, 0.4) is 0 Å². The summed E-state index contributed by atoms with van der Waals surface area (Å²) in [5.74, 6) is 0.698. The smallest absolute Gasteiger partial charge is 0.261 e. The van der Waals surface area contributed by atoms with Gasteiger partial charge in [0.15, 0.2) is 0 Å². The van der Waals surface area contributed by atoms with E-state index in [1.165, 1.54) is 37.3 Å². The number of fused-ring (bicyclic) bond motifs is 3. The first-order valence-electron chi connectivity index (χ1n) is 10.6. The number of nitrogens with zero attached hydrogens (tertiary/aromatic N) is 2. The highest BCUT2D eigenvalue weighted by molar-refractivity contribution is 7.21. The van der Waals surface area contributed by atoms with Gasteiger partial charge in [-0.25, -0.2) is 0 Å². The lowest BCUT2D eigenvalue weighted by Gasteiger charge is -2.30. The van der Waals surface area contributed by atoms with Gasteiger partial charge >= 0.3 is 0 Å². The average Bonchev–Trinajstić information content (AvgIpc) is 3.18. The second-order valence-corrected chi connectivity index (χ2v) is 9.13. The van der Waals surface area contributed by atoms with Crippen molar-refractivity contribution in [3.05, 3.63) is 45.6 Å². The van der Waals surface area contributed by atoms with E-state index in [9.17, 15) is 9.59 Å². The number of hydrogen-bond acceptors (Lipinski definition) is 4. The Hall–Kier alpha value is -2.18. The fourth-order valence-corrected chi connectivity index (χ4v) is 5.51. The molecular weight excluding hydrogens is 382 g/mol. The minimum atomic E-state index is -0.0789. The number of para-hydroxylation sites is 1. The van der Waals surface area contributed by atoms with Gasteiger partial charge in [0.05, 0.1) is 15.8 Å². The standard InChI is InChI=1S/C23H29N3O2S/c1-3-26-19-10-5-4-9-17(19)21-18(23(26)28)14-20(29-21)22(27)24-11-7-13-25-12-6-8-16(2)15-25/h4-5,9-10,14,16H,3,6-8,11-13,15H2,1-2H3,(H,24,27). The summed E-state index contributed by atoms with van der Waals surface area (Å²) >= 11 is 1.42. The van der Waals surface area contributed by atoms with Crippen LogP contribution in [-0.4, -0.2) is 41.6 Å². The van der Waals surface area contributed by atoms with Crippen LogP contribution in [0.25, 0.3) is 21.0 Å². The molecule has 1 fully saturated rings. The van der Waals surface area contributed by atoms with Gasteiger partial charge in [0.2, 0.25) is 0 Å². The van der Waals surface area contributed by atoms with Gasteiger partial charge < -0.3 is 14.8 Å². The van der Waals surface area contributed by atoms with Crippen LogP contribution < -0.4 is 10.9 Å². The third-order valence-corrected chi connectivity index (χ3v) is 7.03. The first-order chi connectivity index (χ1) is 14.1. The number of rotatable bonds is 6. The molecule has 5 nitrogen and oxygen atoms in total. The van der Waals surface area contributed by atoms with Crippen molar-refractivity contribution >= 4 is 38.2 Å². The first kappa shape index (κ1) is 20.1. The quantitative estimate of drug-likeness (QED) is 0.622. The van der Waals surface area contributed by atoms with E-state index in [4.69, 9.17) is 0 Å². The molecule has 1 saturated heterocycles. The Morgan fingerprint density at radius 1 is 1.28 bits per heavy atom. The molecule has 0 radical (unpaired) electrons. The zero-order valence-corrected chi connectivity index (χ0v) is 18.1. The van der Waals surface area contributed by atoms with E-state index in [2.05, 4.69) is 17.1 Å². The molecular formula is C23H29N3O2S. The number of thiophene rings is 1. The fourth-order valence-electron chi connectivity index (χ4n) is 4.41. The van der Waals surface area contributed by atoms with Gasteiger partial charge in [-0.1, -0.05) is 25.1 Å². The summed E-state index contributed by atoms with van der Waals surface area (Å²) in [5, 5.41) is 4.72. The topological polar surface area (TPSA) is 54.3 Å². The molecule has 2 aromatic heterocycles. The fraction of sp³-hybridized carbons (Fsp3) is 0.478. The van der Waals surface area contributed by atoms with Crippen molar-refractivity contribution in [3.63, 3.8) is 0 Å². The van der Waals surface area contributed by atoms with Crippen molar-refractivity contribution in [2.45, 2.75) is 39.7 Å². The van der Waals surface area contributed by atoms with Gasteiger partial charge in [-0.2, -0.15) is 0 Å². The van der Waals surface area contributed by atoms with Crippen molar-refractivity contribution < 1.29 is 4.79 Å². The maximum atomic E-state index is 12.9. The Labute approximate surface area is 175 Å². The summed E-state index contributed by atoms with van der Waals surface area (Å²) in [6.45, 7) is 8.93. The molecule has 0 spiro atoms. The summed E-state index contributed by atoms with van der Waals surface area (Å²) in [6.07, 6.45) is 3.56. The van der Waals surface area contributed by atoms with E-state index in [1.807, 2.05) is 31.2 Å². The molecule has 3 aromatic rings. The number of aromatic nitrogens is 1. The van der Waals surface area contributed by atoms with Crippen molar-refractivity contribution in [2.75, 3.05) is 26.2 Å². The monoisotopic (exact) mass is 411 g/mol. The molecule has 0 aliphatic carbocycles. The van der Waals surface area contributed by atoms with Gasteiger partial charge in [-0.15, -0.1) is 11.3 Å². The number of likely N-dealkylation sites (tertiary alicyclic amines) is 1. The summed E-state index contributed by atoms with van der Waals surface area (Å²) < 4.78 is 2.69. The molecule has 29 heavy (non-hydrogen) atoms. The van der Waals surface area contributed by atoms with Crippen molar-refractivity contribution in [2.24, 2.45) is 5.92 Å². The van der Waals surface area contributed by atoms with E-state index in [1.54, 1.807) is 10.6 Å². The number of carbonyl (C=O) groups excluding carboxylic acids is 1. The van der Waals surface area contributed by atoms with E-state index < -0.39 is 0 Å². The van der Waals surface area contributed by atoms with Crippen LogP contribution in [0.2, 0.25) is 0 Å². The molecule has 1 atom stereocenters. The third kappa shape index (κ3) is 4.09. The number of nitrogens with one attached hydrogen (secondary N) is 1. The molecule has 0 bridgehead atoms. The lowest BCUT2D eigenvalue weighted by molar-refractivity contribution is 0.0954. The molecule has 0 saturated carbocycles. The highest BCUT2D eigenvalue weighted by Crippen LogP contribution is 2.30. The van der Waals surface area contributed by atoms with Crippen LogP contribution in [0.1, 0.15) is 42.8 Å². The number of aryl methyl sites for hydroxylation is 1. The Kier molecular flexibility index (Phi) is 6.01. The Morgan fingerprint density at radius 2 is 2.10 bits per heavy atom. The van der Waals surface area contributed by atoms with E-state index in [-0.39, 0.29) is 11.5 Å². The highest BCUT2D eigenvalue weighted by Gasteiger charge is 2.18. The summed E-state index contributed by atoms with van der Waals surface area (Å²) in [4.78, 5) is 28.7. The maximum absolute atomic E-state index is 12.9. The Balaban J connectivity index is 1.48. The summed E-state index contributed by atoms with van der Waals surface area (Å²) in [5.41, 5.74) is 0.910. The number of amides is 1. The molecule has 1 N–H and O–H groups in total. The third-order valence-electron chi connectivity index (χ3n) is 5.86. The second-order valence-electron chi connectivity index (χ2n) is 8.08. The molecule has 1 aliphatic rings. The molecule has 6 heteroatoms. The van der Waals surface area contributed by atoms with Gasteiger partial charge in [0, 0.05) is 29.7 Å². The first-order valence-corrected chi connectivity index (χ1v) is 11.5. The van der Waals surface area contributed by atoms with Crippen LogP contribution >= 0.6 is 11.3 Å². The number of piperidine rings is 1. The number of benzene rings is 1. The zero-order chi connectivity index (χ0) is 20.4. The van der Waals surface area contributed by atoms with Gasteiger partial charge in [-0.3, -0.25) is 9.59 Å². The zero-order valence-electron chi connectivity index (χ0n) is 17.2. The maximum Gasteiger partial charge on any atom is 0.261 e. The van der Waals surface area contributed by atoms with Gasteiger partial charge in [0.25, 0.3) is 11.5 Å². The number of pyridine rings is 1. The van der Waals surface area contributed by atoms with Crippen LogP contribution in [0, 0.1) is 5.92 Å². The van der Waals surface area contributed by atoms with E-state index >= 15 is 0 Å². The lowest BCUT2D eigenvalue weighted by Crippen LogP contribution is -2.36. The molecule has 1 aliphatic heterocycles. The molecule has 1 aromatic carbocycles. The van der Waals surface area contributed by atoms with E-state index in [0.717, 1.165) is 34.5 Å². The van der Waals surface area contributed by atoms with Crippen molar-refractivity contribution in [1.82, 2.24) is 14.8 Å². The second kappa shape index (κ2) is 8.67. The minimum Gasteiger partial charge on any atom is -0.351 e. The SMILES string of the molecule is CCn1c(=O)c2cc(C(=O)NCCCN3CCCC(C)C3)sc2c2ccccc21. The lowest BCUT2D eigenvalue weighted by atomic mass is 10.0. The predicted molar refractivity (Wildman–Crippen MR) is 121 cm³/mol. The molecule has 1 amide bonds. The number of hydrogen-bond donors (Lipinski definition) is 1. The summed E-state index contributed by atoms with van der Waals surface area (Å²) in [6, 6.07) is 9.70. The van der Waals surface area contributed by atoms with Gasteiger partial charge in [-0.05, 0) is 57.3 Å². The van der Waals surface area contributed by atoms with Crippen molar-refractivity contribution in [3.8, 4) is 0 Å². The summed E-state index contributed by atoms with van der Waals surface area (Å²) in [7, 11) is 0. The highest BCUT2D eigenvalue weighted by atomic mass is 32.1. The Bertz CT molecular complexity index is 1080. The van der Waals surface area contributed by atoms with Crippen LogP contribution in [-0.2, 0) is 6.54 Å². The number of carbonyl (C=O) groups is 1. The normalized spacial score (nSPS) is 17.8. The van der Waals surface area contributed by atoms with Crippen LogP contribution in [0.5, 0.6) is 0 Å². The van der Waals surface area contributed by atoms with Crippen LogP contribution in [0.15, 0.2) is 35.1 Å². The largest absolute Gasteiger partial charge is 0.351 e. The molecule has 154 valence electrons. The van der Waals surface area contributed by atoms with Gasteiger partial charge in [0.1, 0.15) is 0 Å².